The Morgan fingerprint density at radius 2 is 1.71 bits per heavy atom. The molecule has 24 heavy (non-hydrogen) atoms. The van der Waals surface area contributed by atoms with Gasteiger partial charge in [0.15, 0.2) is 0 Å². The second-order valence-corrected chi connectivity index (χ2v) is 5.88. The van der Waals surface area contributed by atoms with Gasteiger partial charge in [-0.3, -0.25) is 9.78 Å². The van der Waals surface area contributed by atoms with Gasteiger partial charge in [0.25, 0.3) is 5.91 Å². The minimum Gasteiger partial charge on any atom is -0.370 e. The van der Waals surface area contributed by atoms with Crippen molar-refractivity contribution in [2.24, 2.45) is 0 Å². The predicted molar refractivity (Wildman–Crippen MR) is 89.2 cm³/mol. The van der Waals surface area contributed by atoms with Crippen molar-refractivity contribution in [3.8, 4) is 0 Å². The minimum atomic E-state index is -0.806. The Balaban J connectivity index is 1.79. The molecule has 1 fully saturated rings. The highest BCUT2D eigenvalue weighted by Gasteiger charge is 2.16. The number of carbonyl (C=O) groups excluding carboxylic acids is 1. The van der Waals surface area contributed by atoms with E-state index in [2.05, 4.69) is 15.2 Å². The Hall–Kier alpha value is -2.50. The maximum atomic E-state index is 13.7. The van der Waals surface area contributed by atoms with E-state index < -0.39 is 23.2 Å². The molecule has 0 atom stereocenters. The molecule has 2 heterocycles. The van der Waals surface area contributed by atoms with E-state index in [0.29, 0.717) is 0 Å². The Morgan fingerprint density at radius 1 is 1.04 bits per heavy atom. The van der Waals surface area contributed by atoms with Crippen LogP contribution in [0, 0.1) is 11.6 Å². The van der Waals surface area contributed by atoms with Crippen molar-refractivity contribution in [1.29, 1.82) is 0 Å². The summed E-state index contributed by atoms with van der Waals surface area (Å²) >= 11 is 0. The number of anilines is 2. The number of hydrogen-bond acceptors (Lipinski definition) is 3. The summed E-state index contributed by atoms with van der Waals surface area (Å²) in [6, 6.07) is 5.17. The topological polar surface area (TPSA) is 45.2 Å². The van der Waals surface area contributed by atoms with Crippen LogP contribution < -0.4 is 10.2 Å². The van der Waals surface area contributed by atoms with Gasteiger partial charge in [-0.2, -0.15) is 0 Å². The van der Waals surface area contributed by atoms with Crippen LogP contribution in [-0.4, -0.2) is 24.0 Å². The van der Waals surface area contributed by atoms with Gasteiger partial charge in [-0.05, 0) is 31.0 Å². The van der Waals surface area contributed by atoms with Gasteiger partial charge < -0.3 is 10.2 Å². The lowest BCUT2D eigenvalue weighted by Crippen LogP contribution is -2.24. The molecular formula is C18H19F2N3O. The third kappa shape index (κ3) is 3.69. The summed E-state index contributed by atoms with van der Waals surface area (Å²) in [4.78, 5) is 18.6. The molecule has 0 saturated carbocycles. The number of amides is 1. The number of pyridine rings is 1. The highest BCUT2D eigenvalue weighted by atomic mass is 19.1. The first-order valence-electron chi connectivity index (χ1n) is 8.10. The van der Waals surface area contributed by atoms with Gasteiger partial charge in [0, 0.05) is 19.3 Å². The molecule has 4 nitrogen and oxygen atoms in total. The number of carbonyl (C=O) groups is 1. The molecule has 0 aliphatic carbocycles. The molecule has 0 unspecified atom stereocenters. The number of hydrogen-bond donors (Lipinski definition) is 1. The first kappa shape index (κ1) is 16.4. The van der Waals surface area contributed by atoms with E-state index in [4.69, 9.17) is 0 Å². The third-order valence-electron chi connectivity index (χ3n) is 4.16. The largest absolute Gasteiger partial charge is 0.370 e. The van der Waals surface area contributed by atoms with Crippen LogP contribution in [0.5, 0.6) is 0 Å². The van der Waals surface area contributed by atoms with Crippen molar-refractivity contribution in [3.05, 3.63) is 53.9 Å². The standard InChI is InChI=1S/C18H19F2N3O/c19-15-6-5-7-16(20)17(15)22-18(24)13-10-14(12-21-11-13)23-8-3-1-2-4-9-23/h5-7,10-12H,1-4,8-9H2,(H,22,24). The number of benzene rings is 1. The third-order valence-corrected chi connectivity index (χ3v) is 4.16. The first-order valence-corrected chi connectivity index (χ1v) is 8.10. The van der Waals surface area contributed by atoms with E-state index in [-0.39, 0.29) is 5.56 Å². The van der Waals surface area contributed by atoms with Crippen molar-refractivity contribution in [3.63, 3.8) is 0 Å². The lowest BCUT2D eigenvalue weighted by Gasteiger charge is -2.22. The van der Waals surface area contributed by atoms with E-state index in [9.17, 15) is 13.6 Å². The van der Waals surface area contributed by atoms with Crippen LogP contribution in [0.25, 0.3) is 0 Å². The molecule has 1 aromatic carbocycles. The molecule has 3 rings (SSSR count). The Morgan fingerprint density at radius 3 is 2.38 bits per heavy atom. The quantitative estimate of drug-likeness (QED) is 0.925. The highest BCUT2D eigenvalue weighted by molar-refractivity contribution is 6.04. The molecule has 1 saturated heterocycles. The van der Waals surface area contributed by atoms with Crippen LogP contribution >= 0.6 is 0 Å². The molecule has 0 spiro atoms. The summed E-state index contributed by atoms with van der Waals surface area (Å²) in [5.74, 6) is -2.19. The lowest BCUT2D eigenvalue weighted by atomic mass is 10.2. The van der Waals surface area contributed by atoms with Crippen molar-refractivity contribution in [2.45, 2.75) is 25.7 Å². The fourth-order valence-electron chi connectivity index (χ4n) is 2.86. The number of halogens is 2. The van der Waals surface area contributed by atoms with Crippen LogP contribution in [0.3, 0.4) is 0 Å². The maximum Gasteiger partial charge on any atom is 0.257 e. The molecular weight excluding hydrogens is 312 g/mol. The molecule has 6 heteroatoms. The second-order valence-electron chi connectivity index (χ2n) is 5.88. The van der Waals surface area contributed by atoms with Crippen LogP contribution in [-0.2, 0) is 0 Å². The van der Waals surface area contributed by atoms with Gasteiger partial charge in [-0.1, -0.05) is 18.9 Å². The predicted octanol–water partition coefficient (Wildman–Crippen LogP) is 3.99. The number of para-hydroxylation sites is 1. The van der Waals surface area contributed by atoms with E-state index in [1.807, 2.05) is 0 Å². The van der Waals surface area contributed by atoms with E-state index in [1.165, 1.54) is 25.1 Å². The zero-order chi connectivity index (χ0) is 16.9. The lowest BCUT2D eigenvalue weighted by molar-refractivity contribution is 0.102. The molecule has 1 aromatic heterocycles. The van der Waals surface area contributed by atoms with Crippen molar-refractivity contribution in [1.82, 2.24) is 4.98 Å². The van der Waals surface area contributed by atoms with Gasteiger partial charge >= 0.3 is 0 Å². The normalized spacial score (nSPS) is 15.0. The van der Waals surface area contributed by atoms with Crippen LogP contribution in [0.2, 0.25) is 0 Å². The highest BCUT2D eigenvalue weighted by Crippen LogP contribution is 2.22. The smallest absolute Gasteiger partial charge is 0.257 e. The van der Waals surface area contributed by atoms with Gasteiger partial charge in [-0.25, -0.2) is 8.78 Å². The minimum absolute atomic E-state index is 0.277. The summed E-state index contributed by atoms with van der Waals surface area (Å²) in [7, 11) is 0. The average Bonchev–Trinajstić information content (AvgIpc) is 2.87. The fourth-order valence-corrected chi connectivity index (χ4v) is 2.86. The van der Waals surface area contributed by atoms with Gasteiger partial charge in [-0.15, -0.1) is 0 Å². The molecule has 2 aromatic rings. The van der Waals surface area contributed by atoms with E-state index in [0.717, 1.165) is 43.8 Å². The fraction of sp³-hybridized carbons (Fsp3) is 0.333. The summed E-state index contributed by atoms with van der Waals surface area (Å²) in [5, 5.41) is 2.29. The van der Waals surface area contributed by atoms with Crippen molar-refractivity contribution >= 4 is 17.3 Å². The molecule has 1 aliphatic heterocycles. The maximum absolute atomic E-state index is 13.7. The molecule has 1 N–H and O–H groups in total. The molecule has 126 valence electrons. The van der Waals surface area contributed by atoms with Crippen molar-refractivity contribution in [2.75, 3.05) is 23.3 Å². The zero-order valence-electron chi connectivity index (χ0n) is 13.3. The number of nitrogens with one attached hydrogen (secondary N) is 1. The number of aromatic nitrogens is 1. The van der Waals surface area contributed by atoms with E-state index in [1.54, 1.807) is 12.3 Å². The van der Waals surface area contributed by atoms with E-state index >= 15 is 0 Å². The van der Waals surface area contributed by atoms with Gasteiger partial charge in [0.1, 0.15) is 17.3 Å². The van der Waals surface area contributed by atoms with Gasteiger partial charge in [0.2, 0.25) is 0 Å². The van der Waals surface area contributed by atoms with Crippen LogP contribution in [0.15, 0.2) is 36.7 Å². The summed E-state index contributed by atoms with van der Waals surface area (Å²) < 4.78 is 27.3. The molecule has 1 aliphatic rings. The summed E-state index contributed by atoms with van der Waals surface area (Å²) in [6.45, 7) is 1.85. The molecule has 0 bridgehead atoms. The summed E-state index contributed by atoms with van der Waals surface area (Å²) in [6.07, 6.45) is 7.74. The molecule has 1 amide bonds. The molecule has 0 radical (unpaired) electrons. The number of rotatable bonds is 3. The second kappa shape index (κ2) is 7.38. The van der Waals surface area contributed by atoms with Crippen LogP contribution in [0.4, 0.5) is 20.2 Å². The van der Waals surface area contributed by atoms with Crippen LogP contribution in [0.1, 0.15) is 36.0 Å². The first-order chi connectivity index (χ1) is 11.6. The Kier molecular flexibility index (Phi) is 5.03. The summed E-state index contributed by atoms with van der Waals surface area (Å²) in [5.41, 5.74) is 0.695. The van der Waals surface area contributed by atoms with Crippen molar-refractivity contribution < 1.29 is 13.6 Å². The number of nitrogens with zero attached hydrogens (tertiary/aromatic N) is 2. The Labute approximate surface area is 139 Å². The SMILES string of the molecule is O=C(Nc1c(F)cccc1F)c1cncc(N2CCCCCC2)c1. The van der Waals surface area contributed by atoms with Gasteiger partial charge in [0.05, 0.1) is 17.4 Å². The Bertz CT molecular complexity index is 708. The zero-order valence-corrected chi connectivity index (χ0v) is 13.3. The monoisotopic (exact) mass is 331 g/mol. The average molecular weight is 331 g/mol.